The number of nitrogens with two attached hydrogens (primary N) is 1. The van der Waals surface area contributed by atoms with E-state index in [0.29, 0.717) is 23.9 Å². The number of rotatable bonds is 1. The van der Waals surface area contributed by atoms with Gasteiger partial charge in [0.05, 0.1) is 6.61 Å². The molecule has 2 aromatic rings. The third-order valence-electron chi connectivity index (χ3n) is 3.90. The second-order valence-corrected chi connectivity index (χ2v) is 5.86. The largest absolute Gasteiger partial charge is 0.382 e. The minimum Gasteiger partial charge on any atom is -0.382 e. The van der Waals surface area contributed by atoms with Crippen molar-refractivity contribution < 1.29 is 4.74 Å². The van der Waals surface area contributed by atoms with Gasteiger partial charge >= 0.3 is 0 Å². The second-order valence-electron chi connectivity index (χ2n) is 5.86. The van der Waals surface area contributed by atoms with E-state index in [-0.39, 0.29) is 0 Å². The van der Waals surface area contributed by atoms with Crippen LogP contribution in [0.5, 0.6) is 0 Å². The van der Waals surface area contributed by atoms with Crippen molar-refractivity contribution in [3.8, 4) is 0 Å². The topological polar surface area (TPSA) is 78.9 Å². The molecule has 19 heavy (non-hydrogen) atoms. The van der Waals surface area contributed by atoms with Gasteiger partial charge in [-0.3, -0.25) is 0 Å². The summed E-state index contributed by atoms with van der Waals surface area (Å²) in [5, 5.41) is 0. The van der Waals surface area contributed by atoms with E-state index in [1.807, 2.05) is 13.8 Å². The molecular weight excluding hydrogens is 242 g/mol. The zero-order valence-corrected chi connectivity index (χ0v) is 11.2. The lowest BCUT2D eigenvalue weighted by atomic mass is 10.1. The van der Waals surface area contributed by atoms with Crippen LogP contribution in [0, 0.1) is 0 Å². The maximum atomic E-state index is 6.06. The lowest BCUT2D eigenvalue weighted by molar-refractivity contribution is -0.0530. The van der Waals surface area contributed by atoms with E-state index in [4.69, 9.17) is 15.5 Å². The summed E-state index contributed by atoms with van der Waals surface area (Å²) in [5.41, 5.74) is 7.23. The highest BCUT2D eigenvalue weighted by atomic mass is 16.5. The molecule has 0 bridgehead atoms. The molecule has 1 saturated carbocycles. The van der Waals surface area contributed by atoms with Gasteiger partial charge in [0, 0.05) is 12.5 Å². The Balaban J connectivity index is 2.00. The number of fused-ring (bicyclic) bond motifs is 3. The molecule has 0 unspecified atom stereocenters. The van der Waals surface area contributed by atoms with E-state index in [9.17, 15) is 0 Å². The summed E-state index contributed by atoms with van der Waals surface area (Å²) in [6, 6.07) is 0. The summed E-state index contributed by atoms with van der Waals surface area (Å²) in [7, 11) is 0. The van der Waals surface area contributed by atoms with Gasteiger partial charge in [0.1, 0.15) is 17.2 Å². The van der Waals surface area contributed by atoms with E-state index in [0.717, 1.165) is 23.8 Å². The summed E-state index contributed by atoms with van der Waals surface area (Å²) in [6.07, 6.45) is 2.33. The molecule has 0 aromatic carbocycles. The van der Waals surface area contributed by atoms with Crippen molar-refractivity contribution in [3.05, 3.63) is 11.6 Å². The first kappa shape index (κ1) is 11.2. The van der Waals surface area contributed by atoms with Gasteiger partial charge in [-0.15, -0.1) is 0 Å². The van der Waals surface area contributed by atoms with Gasteiger partial charge in [-0.25, -0.2) is 15.0 Å². The molecule has 2 aliphatic rings. The fourth-order valence-corrected chi connectivity index (χ4v) is 2.69. The van der Waals surface area contributed by atoms with E-state index in [2.05, 4.69) is 14.5 Å². The van der Waals surface area contributed by atoms with Crippen molar-refractivity contribution in [1.82, 2.24) is 19.5 Å². The molecule has 1 fully saturated rings. The molecule has 2 aromatic heterocycles. The van der Waals surface area contributed by atoms with Gasteiger partial charge in [-0.2, -0.15) is 0 Å². The molecule has 1 aliphatic heterocycles. The zero-order valence-electron chi connectivity index (χ0n) is 11.2. The van der Waals surface area contributed by atoms with Crippen molar-refractivity contribution in [1.29, 1.82) is 0 Å². The van der Waals surface area contributed by atoms with Crippen molar-refractivity contribution in [2.75, 3.05) is 12.3 Å². The highest BCUT2D eigenvalue weighted by Gasteiger charge is 2.34. The van der Waals surface area contributed by atoms with Crippen molar-refractivity contribution in [2.45, 2.75) is 44.8 Å². The first-order chi connectivity index (χ1) is 9.06. The van der Waals surface area contributed by atoms with Crippen LogP contribution in [-0.2, 0) is 16.9 Å². The van der Waals surface area contributed by atoms with Crippen LogP contribution in [0.2, 0.25) is 0 Å². The lowest BCUT2D eigenvalue weighted by Gasteiger charge is -2.30. The Morgan fingerprint density at radius 2 is 2.05 bits per heavy atom. The minimum absolute atomic E-state index is 0.398. The van der Waals surface area contributed by atoms with Crippen LogP contribution in [-0.4, -0.2) is 26.1 Å². The highest BCUT2D eigenvalue weighted by molar-refractivity contribution is 5.82. The maximum Gasteiger partial charge on any atom is 0.166 e. The molecule has 0 atom stereocenters. The molecule has 0 saturated heterocycles. The van der Waals surface area contributed by atoms with Gasteiger partial charge in [0.2, 0.25) is 0 Å². The number of anilines is 1. The van der Waals surface area contributed by atoms with Crippen LogP contribution in [0.1, 0.15) is 44.3 Å². The molecule has 0 radical (unpaired) electrons. The Morgan fingerprint density at radius 3 is 2.79 bits per heavy atom. The molecule has 100 valence electrons. The second kappa shape index (κ2) is 3.45. The molecular formula is C13H17N5O. The van der Waals surface area contributed by atoms with Crippen LogP contribution in [0.25, 0.3) is 11.2 Å². The van der Waals surface area contributed by atoms with E-state index < -0.39 is 5.60 Å². The molecule has 0 spiro atoms. The Hall–Kier alpha value is -1.69. The van der Waals surface area contributed by atoms with E-state index in [1.54, 1.807) is 0 Å². The van der Waals surface area contributed by atoms with Crippen LogP contribution in [0.15, 0.2) is 0 Å². The number of ether oxygens (including phenoxy) is 1. The summed E-state index contributed by atoms with van der Waals surface area (Å²) in [4.78, 5) is 13.7. The fraction of sp³-hybridized carbons (Fsp3) is 0.615. The third-order valence-corrected chi connectivity index (χ3v) is 3.90. The van der Waals surface area contributed by atoms with Crippen molar-refractivity contribution >= 4 is 17.0 Å². The first-order valence-electron chi connectivity index (χ1n) is 6.74. The standard InChI is InChI=1S/C13H17N5O/c1-13(2)12-15-8-9(14)16-10(7-3-4-7)17-11(8)18(12)5-6-19-13/h7H,3-6H2,1-2H3,(H2,14,16,17). The minimum atomic E-state index is -0.398. The third kappa shape index (κ3) is 1.56. The van der Waals surface area contributed by atoms with Crippen LogP contribution in [0.4, 0.5) is 5.82 Å². The Kier molecular flexibility index (Phi) is 2.02. The van der Waals surface area contributed by atoms with Gasteiger partial charge in [0.25, 0.3) is 0 Å². The summed E-state index contributed by atoms with van der Waals surface area (Å²) in [5.74, 6) is 2.75. The number of imidazole rings is 1. The number of nitrogens with zero attached hydrogens (tertiary/aromatic N) is 4. The zero-order chi connectivity index (χ0) is 13.2. The number of hydrogen-bond acceptors (Lipinski definition) is 5. The van der Waals surface area contributed by atoms with Crippen molar-refractivity contribution in [2.24, 2.45) is 0 Å². The summed E-state index contributed by atoms with van der Waals surface area (Å²) < 4.78 is 7.91. The molecule has 6 heteroatoms. The lowest BCUT2D eigenvalue weighted by Crippen LogP contribution is -2.33. The molecule has 4 rings (SSSR count). The average Bonchev–Trinajstić information content (AvgIpc) is 3.12. The van der Waals surface area contributed by atoms with Gasteiger partial charge in [-0.1, -0.05) is 0 Å². The van der Waals surface area contributed by atoms with Crippen LogP contribution >= 0.6 is 0 Å². The molecule has 0 amide bonds. The van der Waals surface area contributed by atoms with Crippen LogP contribution in [0.3, 0.4) is 0 Å². The Labute approximate surface area is 111 Å². The maximum absolute atomic E-state index is 6.06. The summed E-state index contributed by atoms with van der Waals surface area (Å²) in [6.45, 7) is 5.49. The molecule has 3 heterocycles. The SMILES string of the molecule is CC1(C)OCCn2c1nc1c(N)nc(C3CC3)nc12. The number of hydrogen-bond donors (Lipinski definition) is 1. The predicted octanol–water partition coefficient (Wildman–Crippen LogP) is 1.55. The van der Waals surface area contributed by atoms with Gasteiger partial charge in [-0.05, 0) is 26.7 Å². The molecule has 1 aliphatic carbocycles. The average molecular weight is 259 g/mol. The van der Waals surface area contributed by atoms with Gasteiger partial charge < -0.3 is 15.0 Å². The fourth-order valence-electron chi connectivity index (χ4n) is 2.69. The van der Waals surface area contributed by atoms with E-state index >= 15 is 0 Å². The van der Waals surface area contributed by atoms with E-state index in [1.165, 1.54) is 12.8 Å². The van der Waals surface area contributed by atoms with Crippen molar-refractivity contribution in [3.63, 3.8) is 0 Å². The smallest absolute Gasteiger partial charge is 0.166 e. The Morgan fingerprint density at radius 1 is 1.26 bits per heavy atom. The Bertz CT molecular complexity index is 671. The first-order valence-corrected chi connectivity index (χ1v) is 6.74. The number of aromatic nitrogens is 4. The predicted molar refractivity (Wildman–Crippen MR) is 70.7 cm³/mol. The van der Waals surface area contributed by atoms with Crippen LogP contribution < -0.4 is 5.73 Å². The molecule has 6 nitrogen and oxygen atoms in total. The number of nitrogen functional groups attached to an aromatic ring is 1. The molecule has 2 N–H and O–H groups in total. The van der Waals surface area contributed by atoms with Gasteiger partial charge in [0.15, 0.2) is 17.0 Å². The summed E-state index contributed by atoms with van der Waals surface area (Å²) >= 11 is 0. The highest BCUT2D eigenvalue weighted by Crippen LogP contribution is 2.40. The normalized spacial score (nSPS) is 21.6. The monoisotopic (exact) mass is 259 g/mol. The quantitative estimate of drug-likeness (QED) is 0.840.